The number of hydrogen-bond donors (Lipinski definition) is 1. The Labute approximate surface area is 194 Å². The second kappa shape index (κ2) is 8.81. The lowest BCUT2D eigenvalue weighted by molar-refractivity contribution is 0.102. The molecule has 0 bridgehead atoms. The predicted octanol–water partition coefficient (Wildman–Crippen LogP) is 5.85. The van der Waals surface area contributed by atoms with Crippen LogP contribution in [0, 0.1) is 0 Å². The summed E-state index contributed by atoms with van der Waals surface area (Å²) in [7, 11) is 3.57. The minimum absolute atomic E-state index is 0.0436. The fraction of sp³-hybridized carbons (Fsp3) is 0.462. The van der Waals surface area contributed by atoms with Gasteiger partial charge in [0.05, 0.1) is 16.7 Å². The number of benzene rings is 2. The van der Waals surface area contributed by atoms with Crippen LogP contribution in [0.5, 0.6) is 0 Å². The molecule has 4 rings (SSSR count). The average molecular weight is 452 g/mol. The van der Waals surface area contributed by atoms with E-state index >= 15 is 0 Å². The Morgan fingerprint density at radius 2 is 1.56 bits per heavy atom. The summed E-state index contributed by atoms with van der Waals surface area (Å²) in [4.78, 5) is 26.6. The summed E-state index contributed by atoms with van der Waals surface area (Å²) in [5, 5.41) is 3.68. The highest BCUT2D eigenvalue weighted by atomic mass is 32.2. The molecule has 1 N–H and O–H groups in total. The second-order valence-corrected chi connectivity index (χ2v) is 11.2. The van der Waals surface area contributed by atoms with Gasteiger partial charge < -0.3 is 5.32 Å². The molecule has 0 atom stereocenters. The SMILES string of the molecule is Cn1c(=O)n(C)c2cc(SC3CCCCC3)c(NC(=O)c3ccc(C(C)(C)C)cc3)cc21. The van der Waals surface area contributed by atoms with Crippen LogP contribution < -0.4 is 11.0 Å². The minimum Gasteiger partial charge on any atom is -0.321 e. The number of aromatic nitrogens is 2. The number of imidazole rings is 1. The van der Waals surface area contributed by atoms with E-state index < -0.39 is 0 Å². The summed E-state index contributed by atoms with van der Waals surface area (Å²) in [6.07, 6.45) is 6.20. The molecule has 1 heterocycles. The summed E-state index contributed by atoms with van der Waals surface area (Å²) in [6, 6.07) is 11.8. The number of aryl methyl sites for hydroxylation is 2. The van der Waals surface area contributed by atoms with Gasteiger partial charge in [0.2, 0.25) is 0 Å². The normalized spacial score (nSPS) is 15.3. The van der Waals surface area contributed by atoms with Crippen LogP contribution in [-0.2, 0) is 19.5 Å². The van der Waals surface area contributed by atoms with E-state index in [0.717, 1.165) is 21.6 Å². The van der Waals surface area contributed by atoms with E-state index in [1.807, 2.05) is 42.1 Å². The number of nitrogens with one attached hydrogen (secondary N) is 1. The Morgan fingerprint density at radius 1 is 0.969 bits per heavy atom. The van der Waals surface area contributed by atoms with Gasteiger partial charge in [0.1, 0.15) is 0 Å². The van der Waals surface area contributed by atoms with E-state index in [1.54, 1.807) is 23.2 Å². The van der Waals surface area contributed by atoms with Crippen molar-refractivity contribution in [2.75, 3.05) is 5.32 Å². The summed E-state index contributed by atoms with van der Waals surface area (Å²) >= 11 is 1.83. The van der Waals surface area contributed by atoms with Crippen LogP contribution in [0.3, 0.4) is 0 Å². The van der Waals surface area contributed by atoms with E-state index in [0.29, 0.717) is 10.8 Å². The van der Waals surface area contributed by atoms with Crippen LogP contribution in [-0.4, -0.2) is 20.3 Å². The zero-order valence-electron chi connectivity index (χ0n) is 19.7. The molecular formula is C26H33N3O2S. The number of carbonyl (C=O) groups excluding carboxylic acids is 1. The standard InChI is InChI=1S/C26H33N3O2S/c1-26(2,3)18-13-11-17(12-14-18)24(30)27-20-15-21-22(29(5)25(31)28(21)4)16-23(20)32-19-9-7-6-8-10-19/h11-16,19H,6-10H2,1-5H3,(H,27,30). The van der Waals surface area contributed by atoms with Crippen LogP contribution in [0.25, 0.3) is 11.0 Å². The molecule has 0 aliphatic heterocycles. The highest BCUT2D eigenvalue weighted by molar-refractivity contribution is 8.00. The van der Waals surface area contributed by atoms with Crippen molar-refractivity contribution in [3.8, 4) is 0 Å². The van der Waals surface area contributed by atoms with E-state index in [9.17, 15) is 9.59 Å². The number of thioether (sulfide) groups is 1. The lowest BCUT2D eigenvalue weighted by Crippen LogP contribution is -2.19. The van der Waals surface area contributed by atoms with Gasteiger partial charge in [0, 0.05) is 29.8 Å². The highest BCUT2D eigenvalue weighted by Crippen LogP contribution is 2.39. The molecule has 1 aliphatic rings. The van der Waals surface area contributed by atoms with E-state index in [4.69, 9.17) is 0 Å². The van der Waals surface area contributed by atoms with Crippen molar-refractivity contribution in [3.05, 3.63) is 58.0 Å². The van der Waals surface area contributed by atoms with Gasteiger partial charge in [-0.1, -0.05) is 52.2 Å². The maximum Gasteiger partial charge on any atom is 0.328 e. The minimum atomic E-state index is -0.128. The molecule has 1 saturated carbocycles. The maximum absolute atomic E-state index is 13.1. The molecule has 32 heavy (non-hydrogen) atoms. The molecule has 1 aromatic heterocycles. The van der Waals surface area contributed by atoms with Gasteiger partial charge in [-0.2, -0.15) is 0 Å². The monoisotopic (exact) mass is 451 g/mol. The van der Waals surface area contributed by atoms with Gasteiger partial charge in [-0.25, -0.2) is 4.79 Å². The van der Waals surface area contributed by atoms with Crippen LogP contribution in [0.2, 0.25) is 0 Å². The van der Waals surface area contributed by atoms with Gasteiger partial charge in [-0.15, -0.1) is 11.8 Å². The van der Waals surface area contributed by atoms with Gasteiger partial charge in [-0.3, -0.25) is 13.9 Å². The third-order valence-corrected chi connectivity index (χ3v) is 7.88. The number of rotatable bonds is 4. The first-order valence-corrected chi connectivity index (χ1v) is 12.3. The van der Waals surface area contributed by atoms with Gasteiger partial charge in [-0.05, 0) is 48.1 Å². The number of fused-ring (bicyclic) bond motifs is 1. The molecule has 5 nitrogen and oxygen atoms in total. The average Bonchev–Trinajstić information content (AvgIpc) is 2.97. The highest BCUT2D eigenvalue weighted by Gasteiger charge is 2.21. The summed E-state index contributed by atoms with van der Waals surface area (Å²) in [5.74, 6) is -0.128. The Morgan fingerprint density at radius 3 is 2.16 bits per heavy atom. The first-order valence-electron chi connectivity index (χ1n) is 11.4. The first-order chi connectivity index (χ1) is 15.1. The fourth-order valence-corrected chi connectivity index (χ4v) is 5.74. The van der Waals surface area contributed by atoms with E-state index in [2.05, 4.69) is 32.2 Å². The van der Waals surface area contributed by atoms with Crippen molar-refractivity contribution < 1.29 is 4.79 Å². The summed E-state index contributed by atoms with van der Waals surface area (Å²) in [5.41, 5.74) is 4.31. The quantitative estimate of drug-likeness (QED) is 0.541. The smallest absolute Gasteiger partial charge is 0.321 e. The molecule has 2 aromatic carbocycles. The zero-order valence-corrected chi connectivity index (χ0v) is 20.5. The third-order valence-electron chi connectivity index (χ3n) is 6.48. The van der Waals surface area contributed by atoms with Crippen molar-refractivity contribution in [1.29, 1.82) is 0 Å². The van der Waals surface area contributed by atoms with Crippen molar-refractivity contribution in [1.82, 2.24) is 9.13 Å². The van der Waals surface area contributed by atoms with Gasteiger partial charge in [0.15, 0.2) is 0 Å². The first kappa shape index (κ1) is 22.7. The molecule has 0 unspecified atom stereocenters. The van der Waals surface area contributed by atoms with Gasteiger partial charge in [0.25, 0.3) is 5.91 Å². The molecule has 1 amide bonds. The van der Waals surface area contributed by atoms with Crippen LogP contribution in [0.4, 0.5) is 5.69 Å². The Balaban J connectivity index is 1.69. The number of carbonyl (C=O) groups is 1. The number of nitrogens with zero attached hydrogens (tertiary/aromatic N) is 2. The van der Waals surface area contributed by atoms with Crippen LogP contribution in [0.15, 0.2) is 46.1 Å². The maximum atomic E-state index is 13.1. The molecule has 0 spiro atoms. The molecule has 3 aromatic rings. The Kier molecular flexibility index (Phi) is 6.26. The molecule has 170 valence electrons. The molecule has 6 heteroatoms. The topological polar surface area (TPSA) is 56.0 Å². The van der Waals surface area contributed by atoms with Crippen molar-refractivity contribution in [2.24, 2.45) is 14.1 Å². The molecular weight excluding hydrogens is 418 g/mol. The van der Waals surface area contributed by atoms with Crippen molar-refractivity contribution in [2.45, 2.75) is 68.4 Å². The lowest BCUT2D eigenvalue weighted by atomic mass is 9.87. The van der Waals surface area contributed by atoms with Crippen molar-refractivity contribution in [3.63, 3.8) is 0 Å². The number of amides is 1. The van der Waals surface area contributed by atoms with Gasteiger partial charge >= 0.3 is 5.69 Å². The Hall–Kier alpha value is -2.47. The largest absolute Gasteiger partial charge is 0.328 e. The summed E-state index contributed by atoms with van der Waals surface area (Å²) in [6.45, 7) is 6.49. The second-order valence-electron chi connectivity index (χ2n) is 9.90. The van der Waals surface area contributed by atoms with Crippen LogP contribution in [0.1, 0.15) is 68.8 Å². The van der Waals surface area contributed by atoms with Crippen molar-refractivity contribution >= 4 is 34.4 Å². The summed E-state index contributed by atoms with van der Waals surface area (Å²) < 4.78 is 3.31. The lowest BCUT2D eigenvalue weighted by Gasteiger charge is -2.22. The molecule has 0 radical (unpaired) electrons. The molecule has 1 aliphatic carbocycles. The number of anilines is 1. The van der Waals surface area contributed by atoms with E-state index in [-0.39, 0.29) is 17.0 Å². The molecule has 1 fully saturated rings. The predicted molar refractivity (Wildman–Crippen MR) is 134 cm³/mol. The molecule has 0 saturated heterocycles. The van der Waals surface area contributed by atoms with Crippen LogP contribution >= 0.6 is 11.8 Å². The third kappa shape index (κ3) is 4.51. The number of hydrogen-bond acceptors (Lipinski definition) is 3. The van der Waals surface area contributed by atoms with E-state index in [1.165, 1.54) is 37.7 Å². The zero-order chi connectivity index (χ0) is 23.0. The fourth-order valence-electron chi connectivity index (χ4n) is 4.40. The Bertz CT molecular complexity index is 1190.